The van der Waals surface area contributed by atoms with Crippen LogP contribution in [-0.4, -0.2) is 70.5 Å². The van der Waals surface area contributed by atoms with Gasteiger partial charge in [0.05, 0.1) is 12.2 Å². The molecule has 10 heteroatoms. The number of carboxylic acid groups (broad SMARTS) is 2. The minimum Gasteiger partial charge on any atom is -0.492 e. The highest BCUT2D eigenvalue weighted by Crippen LogP contribution is 2.31. The van der Waals surface area contributed by atoms with Gasteiger partial charge in [-0.25, -0.2) is 9.59 Å². The van der Waals surface area contributed by atoms with Gasteiger partial charge in [-0.15, -0.1) is 0 Å². The molecule has 0 bridgehead atoms. The molecule has 10 nitrogen and oxygen atoms in total. The number of carbonyl (C=O) groups is 2. The van der Waals surface area contributed by atoms with Crippen LogP contribution in [0.25, 0.3) is 11.1 Å². The summed E-state index contributed by atoms with van der Waals surface area (Å²) in [5, 5.41) is 19.1. The van der Waals surface area contributed by atoms with Crippen molar-refractivity contribution in [3.63, 3.8) is 0 Å². The lowest BCUT2D eigenvalue weighted by Gasteiger charge is -2.35. The molecule has 166 valence electrons. The number of nitrogen functional groups attached to an aromatic ring is 1. The van der Waals surface area contributed by atoms with Crippen molar-refractivity contribution in [3.05, 3.63) is 45.7 Å². The first kappa shape index (κ1) is 22.3. The Balaban J connectivity index is 1.87. The van der Waals surface area contributed by atoms with E-state index in [1.165, 1.54) is 12.1 Å². The van der Waals surface area contributed by atoms with Crippen molar-refractivity contribution in [2.45, 2.75) is 26.1 Å². The maximum absolute atomic E-state index is 12.2. The van der Waals surface area contributed by atoms with Gasteiger partial charge in [-0.1, -0.05) is 12.1 Å². The number of nitrogens with one attached hydrogen (secondary N) is 1. The summed E-state index contributed by atoms with van der Waals surface area (Å²) in [7, 11) is 0. The lowest BCUT2D eigenvalue weighted by molar-refractivity contribution is -0.0699. The fourth-order valence-electron chi connectivity index (χ4n) is 3.84. The molecule has 1 saturated heterocycles. The van der Waals surface area contributed by atoms with Crippen LogP contribution < -0.4 is 16.0 Å². The van der Waals surface area contributed by atoms with Crippen LogP contribution in [0.5, 0.6) is 5.75 Å². The van der Waals surface area contributed by atoms with Crippen molar-refractivity contribution in [1.82, 2.24) is 9.88 Å². The van der Waals surface area contributed by atoms with Crippen LogP contribution in [0.2, 0.25) is 0 Å². The summed E-state index contributed by atoms with van der Waals surface area (Å²) in [4.78, 5) is 39.9. The van der Waals surface area contributed by atoms with Crippen LogP contribution in [0, 0.1) is 0 Å². The highest BCUT2D eigenvalue weighted by molar-refractivity contribution is 6.07. The zero-order chi connectivity index (χ0) is 22.7. The number of nitrogens with zero attached hydrogens (tertiary/aromatic N) is 1. The monoisotopic (exact) mass is 431 g/mol. The molecule has 0 spiro atoms. The second kappa shape index (κ2) is 9.19. The lowest BCUT2D eigenvalue weighted by Crippen LogP contribution is -2.46. The van der Waals surface area contributed by atoms with Gasteiger partial charge in [-0.05, 0) is 31.5 Å². The largest absolute Gasteiger partial charge is 0.492 e. The van der Waals surface area contributed by atoms with Crippen LogP contribution in [0.1, 0.15) is 34.6 Å². The molecule has 0 amide bonds. The first-order valence-electron chi connectivity index (χ1n) is 9.80. The molecule has 2 atom stereocenters. The summed E-state index contributed by atoms with van der Waals surface area (Å²) in [6.45, 7) is 6.66. The molecule has 0 saturated carbocycles. The molecule has 1 aliphatic heterocycles. The topological polar surface area (TPSA) is 155 Å². The van der Waals surface area contributed by atoms with Crippen LogP contribution >= 0.6 is 0 Å². The number of H-pyrrole nitrogens is 1. The van der Waals surface area contributed by atoms with Crippen molar-refractivity contribution < 1.29 is 29.3 Å². The summed E-state index contributed by atoms with van der Waals surface area (Å²) in [5.41, 5.74) is 3.47. The number of aromatic amines is 1. The van der Waals surface area contributed by atoms with E-state index >= 15 is 0 Å². The predicted molar refractivity (Wildman–Crippen MR) is 113 cm³/mol. The number of nitrogens with two attached hydrogens (primary N) is 1. The molecule has 31 heavy (non-hydrogen) atoms. The van der Waals surface area contributed by atoms with E-state index in [9.17, 15) is 24.6 Å². The molecule has 3 rings (SSSR count). The number of aromatic carboxylic acids is 2. The third kappa shape index (κ3) is 5.04. The van der Waals surface area contributed by atoms with Crippen molar-refractivity contribution >= 4 is 17.8 Å². The Morgan fingerprint density at radius 1 is 1.19 bits per heavy atom. The van der Waals surface area contributed by atoms with Crippen molar-refractivity contribution in [3.8, 4) is 16.9 Å². The molecule has 0 radical (unpaired) electrons. The van der Waals surface area contributed by atoms with Gasteiger partial charge in [-0.2, -0.15) is 0 Å². The maximum atomic E-state index is 12.2. The predicted octanol–water partition coefficient (Wildman–Crippen LogP) is 1.51. The summed E-state index contributed by atoms with van der Waals surface area (Å²) in [5.74, 6) is -3.01. The third-order valence-electron chi connectivity index (χ3n) is 4.97. The first-order valence-corrected chi connectivity index (χ1v) is 9.80. The number of aromatic nitrogens is 1. The molecule has 1 fully saturated rings. The molecule has 1 aliphatic rings. The van der Waals surface area contributed by atoms with Gasteiger partial charge >= 0.3 is 11.9 Å². The minimum absolute atomic E-state index is 0.137. The highest BCUT2D eigenvalue weighted by atomic mass is 16.5. The number of anilines is 1. The quantitative estimate of drug-likeness (QED) is 0.510. The first-order chi connectivity index (χ1) is 14.7. The normalized spacial score (nSPS) is 19.2. The fraction of sp³-hybridized carbons (Fsp3) is 0.381. The molecule has 0 aliphatic carbocycles. The summed E-state index contributed by atoms with van der Waals surface area (Å²) in [6, 6.07) is 6.27. The molecule has 2 aromatic rings. The number of morpholine rings is 1. The van der Waals surface area contributed by atoms with Gasteiger partial charge in [-0.3, -0.25) is 9.69 Å². The SMILES string of the molecule is CC1CN(CCOc2cccc(-c3c(C(=O)O)c(N)[nH]c(=O)c3C(=O)O)c2)CC(C)O1. The van der Waals surface area contributed by atoms with Gasteiger partial charge in [0, 0.05) is 25.2 Å². The molecule has 1 aromatic heterocycles. The van der Waals surface area contributed by atoms with Crippen LogP contribution in [-0.2, 0) is 4.74 Å². The maximum Gasteiger partial charge on any atom is 0.342 e. The Morgan fingerprint density at radius 2 is 1.84 bits per heavy atom. The number of rotatable bonds is 7. The van der Waals surface area contributed by atoms with E-state index in [0.29, 0.717) is 18.9 Å². The van der Waals surface area contributed by atoms with E-state index in [1.807, 2.05) is 13.8 Å². The van der Waals surface area contributed by atoms with E-state index in [1.54, 1.807) is 12.1 Å². The van der Waals surface area contributed by atoms with Crippen LogP contribution in [0.15, 0.2) is 29.1 Å². The van der Waals surface area contributed by atoms with E-state index in [0.717, 1.165) is 13.1 Å². The van der Waals surface area contributed by atoms with E-state index in [2.05, 4.69) is 9.88 Å². The second-order valence-corrected chi connectivity index (χ2v) is 7.50. The highest BCUT2D eigenvalue weighted by Gasteiger charge is 2.27. The third-order valence-corrected chi connectivity index (χ3v) is 4.97. The van der Waals surface area contributed by atoms with Crippen LogP contribution in [0.3, 0.4) is 0 Å². The van der Waals surface area contributed by atoms with Gasteiger partial charge in [0.25, 0.3) is 5.56 Å². The Morgan fingerprint density at radius 3 is 2.45 bits per heavy atom. The lowest BCUT2D eigenvalue weighted by atomic mass is 9.95. The number of pyridine rings is 1. The van der Waals surface area contributed by atoms with Crippen molar-refractivity contribution in [2.75, 3.05) is 32.0 Å². The number of ether oxygens (including phenoxy) is 2. The smallest absolute Gasteiger partial charge is 0.342 e. The standard InChI is InChI=1S/C21H25N3O7/c1-11-9-24(10-12(2)31-11)6-7-30-14-5-3-4-13(8-14)15-16(20(26)27)18(22)23-19(25)17(15)21(28)29/h3-5,8,11-12H,6-7,9-10H2,1-2H3,(H,26,27)(H,28,29)(H3,22,23,25). The summed E-state index contributed by atoms with van der Waals surface area (Å²) >= 11 is 0. The zero-order valence-electron chi connectivity index (χ0n) is 17.3. The van der Waals surface area contributed by atoms with E-state index < -0.39 is 34.4 Å². The Bertz CT molecular complexity index is 1040. The molecule has 5 N–H and O–H groups in total. The van der Waals surface area contributed by atoms with E-state index in [4.69, 9.17) is 15.2 Å². The number of hydrogen-bond donors (Lipinski definition) is 4. The average molecular weight is 431 g/mol. The fourth-order valence-corrected chi connectivity index (χ4v) is 3.84. The second-order valence-electron chi connectivity index (χ2n) is 7.50. The number of hydrogen-bond acceptors (Lipinski definition) is 7. The molecule has 1 aromatic carbocycles. The van der Waals surface area contributed by atoms with Gasteiger partial charge in [0.15, 0.2) is 0 Å². The Hall–Kier alpha value is -3.37. The average Bonchev–Trinajstić information content (AvgIpc) is 2.66. The van der Waals surface area contributed by atoms with Gasteiger partial charge in [0.2, 0.25) is 0 Å². The number of benzene rings is 1. The Kier molecular flexibility index (Phi) is 6.62. The van der Waals surface area contributed by atoms with Crippen molar-refractivity contribution in [2.24, 2.45) is 0 Å². The molecule has 2 heterocycles. The van der Waals surface area contributed by atoms with Gasteiger partial charge < -0.3 is 30.4 Å². The molecule has 2 unspecified atom stereocenters. The molecular weight excluding hydrogens is 406 g/mol. The zero-order valence-corrected chi connectivity index (χ0v) is 17.3. The summed E-state index contributed by atoms with van der Waals surface area (Å²) < 4.78 is 11.5. The van der Waals surface area contributed by atoms with Crippen LogP contribution in [0.4, 0.5) is 5.82 Å². The summed E-state index contributed by atoms with van der Waals surface area (Å²) in [6.07, 6.45) is 0.273. The van der Waals surface area contributed by atoms with E-state index in [-0.39, 0.29) is 23.3 Å². The Labute approximate surface area is 178 Å². The number of carboxylic acids is 2. The van der Waals surface area contributed by atoms with Gasteiger partial charge in [0.1, 0.15) is 29.3 Å². The molecular formula is C21H25N3O7. The minimum atomic E-state index is -1.55. The van der Waals surface area contributed by atoms with Crippen molar-refractivity contribution in [1.29, 1.82) is 0 Å².